The summed E-state index contributed by atoms with van der Waals surface area (Å²) in [6.45, 7) is 0. The van der Waals surface area contributed by atoms with Gasteiger partial charge in [-0.3, -0.25) is 0 Å². The first-order valence-electron chi connectivity index (χ1n) is 2.42. The van der Waals surface area contributed by atoms with Crippen molar-refractivity contribution in [2.45, 2.75) is 0 Å². The first kappa shape index (κ1) is 8.74. The fourth-order valence-electron chi connectivity index (χ4n) is 0.502. The lowest BCUT2D eigenvalue weighted by Crippen LogP contribution is -1.80. The Bertz CT molecular complexity index is 237. The molecule has 0 nitrogen and oxygen atoms in total. The van der Waals surface area contributed by atoms with E-state index in [2.05, 4.69) is 38.5 Å². The number of rotatable bonds is 0. The van der Waals surface area contributed by atoms with Crippen LogP contribution in [0.5, 0.6) is 0 Å². The van der Waals surface area contributed by atoms with E-state index >= 15 is 0 Å². The molecule has 1 rings (SSSR count). The van der Waals surface area contributed by atoms with E-state index in [0.717, 1.165) is 3.57 Å². The van der Waals surface area contributed by atoms with Crippen LogP contribution >= 0.6 is 50.1 Å². The average molecular weight is 335 g/mol. The number of halogens is 4. The lowest BCUT2D eigenvalue weighted by molar-refractivity contribution is 0.627. The van der Waals surface area contributed by atoms with E-state index in [1.165, 1.54) is 6.07 Å². The smallest absolute Gasteiger partial charge is 0.143 e. The van der Waals surface area contributed by atoms with Gasteiger partial charge >= 0.3 is 0 Å². The van der Waals surface area contributed by atoms with E-state index in [9.17, 15) is 4.39 Å². The molecule has 0 heterocycles. The summed E-state index contributed by atoms with van der Waals surface area (Å²) in [6.07, 6.45) is 0. The van der Waals surface area contributed by atoms with Crippen LogP contribution < -0.4 is 0 Å². The van der Waals surface area contributed by atoms with Gasteiger partial charge in [-0.25, -0.2) is 4.39 Å². The van der Waals surface area contributed by atoms with Crippen LogP contribution in [0, 0.1) is 9.39 Å². The van der Waals surface area contributed by atoms with Crippen LogP contribution in [0.3, 0.4) is 0 Å². The van der Waals surface area contributed by atoms with Crippen LogP contribution in [0.25, 0.3) is 0 Å². The molecule has 1 aromatic rings. The topological polar surface area (TPSA) is 0 Å². The van der Waals surface area contributed by atoms with E-state index in [1.54, 1.807) is 6.07 Å². The minimum Gasteiger partial charge on any atom is -0.205 e. The number of hydrogen-bond donors (Lipinski definition) is 0. The highest BCUT2D eigenvalue weighted by atomic mass is 127. The van der Waals surface area contributed by atoms with Gasteiger partial charge in [0.25, 0.3) is 0 Å². The maximum absolute atomic E-state index is 12.6. The minimum atomic E-state index is -0.394. The fourth-order valence-corrected chi connectivity index (χ4v) is 1.60. The Balaban J connectivity index is 3.34. The molecule has 1 aromatic carbocycles. The minimum absolute atomic E-state index is 0.145. The average Bonchev–Trinajstić information content (AvgIpc) is 1.93. The molecule has 0 unspecified atom stereocenters. The molecule has 0 aliphatic rings. The second kappa shape index (κ2) is 3.36. The Morgan fingerprint density at radius 1 is 1.50 bits per heavy atom. The normalized spacial score (nSPS) is 10.0. The zero-order chi connectivity index (χ0) is 7.72. The van der Waals surface area contributed by atoms with Crippen LogP contribution in [0.1, 0.15) is 0 Å². The fraction of sp³-hybridized carbons (Fsp3) is 0. The Morgan fingerprint density at radius 2 is 2.10 bits per heavy atom. The summed E-state index contributed by atoms with van der Waals surface area (Å²) in [6, 6.07) is 3.00. The zero-order valence-electron chi connectivity index (χ0n) is 4.67. The third-order valence-corrected chi connectivity index (χ3v) is 4.05. The monoisotopic (exact) mass is 334 g/mol. The van der Waals surface area contributed by atoms with Crippen LogP contribution in [0.2, 0.25) is 5.02 Å². The van der Waals surface area contributed by atoms with Crippen LogP contribution in [0.4, 0.5) is 4.39 Å². The number of benzene rings is 1. The van der Waals surface area contributed by atoms with Crippen molar-refractivity contribution in [3.63, 3.8) is 0 Å². The second-order valence-corrected chi connectivity index (χ2v) is 3.99. The molecule has 0 saturated heterocycles. The third-order valence-electron chi connectivity index (χ3n) is 0.988. The Kier molecular flexibility index (Phi) is 2.94. The molecule has 0 atom stereocenters. The molecular formula is C6H2BrClFI. The van der Waals surface area contributed by atoms with Gasteiger partial charge in [-0.05, 0) is 50.7 Å². The first-order valence-corrected chi connectivity index (χ1v) is 4.67. The highest BCUT2D eigenvalue weighted by Gasteiger charge is 2.05. The molecule has 0 radical (unpaired) electrons. The van der Waals surface area contributed by atoms with Gasteiger partial charge in [-0.15, -0.1) is 0 Å². The highest BCUT2D eigenvalue weighted by molar-refractivity contribution is 14.1. The maximum Gasteiger partial charge on any atom is 0.143 e. The maximum atomic E-state index is 12.6. The van der Waals surface area contributed by atoms with Gasteiger partial charge in [0.05, 0.1) is 9.50 Å². The molecule has 0 bridgehead atoms. The molecule has 54 valence electrons. The SMILES string of the molecule is Fc1ccc(I)c(Br)c1Cl. The van der Waals surface area contributed by atoms with Crippen molar-refractivity contribution in [1.82, 2.24) is 0 Å². The zero-order valence-corrected chi connectivity index (χ0v) is 9.17. The molecular weight excluding hydrogens is 333 g/mol. The van der Waals surface area contributed by atoms with Gasteiger partial charge in [0.2, 0.25) is 0 Å². The number of hydrogen-bond acceptors (Lipinski definition) is 0. The van der Waals surface area contributed by atoms with E-state index in [-0.39, 0.29) is 5.02 Å². The Hall–Kier alpha value is 0.650. The third kappa shape index (κ3) is 1.62. The van der Waals surface area contributed by atoms with Crippen molar-refractivity contribution in [3.05, 3.63) is 31.0 Å². The summed E-state index contributed by atoms with van der Waals surface area (Å²) in [5, 5.41) is 0.145. The van der Waals surface area contributed by atoms with Gasteiger partial charge in [0.15, 0.2) is 0 Å². The molecule has 0 spiro atoms. The molecule has 4 heteroatoms. The summed E-state index contributed by atoms with van der Waals surface area (Å²) in [4.78, 5) is 0. The summed E-state index contributed by atoms with van der Waals surface area (Å²) >= 11 is 10.8. The molecule has 0 aliphatic carbocycles. The summed E-state index contributed by atoms with van der Waals surface area (Å²) in [5.41, 5.74) is 0. The van der Waals surface area contributed by atoms with Crippen molar-refractivity contribution in [2.75, 3.05) is 0 Å². The predicted molar refractivity (Wildman–Crippen MR) is 51.8 cm³/mol. The summed E-state index contributed by atoms with van der Waals surface area (Å²) in [7, 11) is 0. The van der Waals surface area contributed by atoms with Crippen molar-refractivity contribution >= 4 is 50.1 Å². The molecule has 0 aliphatic heterocycles. The van der Waals surface area contributed by atoms with E-state index < -0.39 is 5.82 Å². The van der Waals surface area contributed by atoms with Gasteiger partial charge < -0.3 is 0 Å². The Morgan fingerprint density at radius 3 is 2.60 bits per heavy atom. The first-order chi connectivity index (χ1) is 4.63. The van der Waals surface area contributed by atoms with Crippen molar-refractivity contribution < 1.29 is 4.39 Å². The van der Waals surface area contributed by atoms with Crippen LogP contribution in [0.15, 0.2) is 16.6 Å². The van der Waals surface area contributed by atoms with Crippen molar-refractivity contribution in [3.8, 4) is 0 Å². The van der Waals surface area contributed by atoms with E-state index in [0.29, 0.717) is 4.47 Å². The quantitative estimate of drug-likeness (QED) is 0.384. The predicted octanol–water partition coefficient (Wildman–Crippen LogP) is 3.85. The summed E-state index contributed by atoms with van der Waals surface area (Å²) < 4.78 is 14.1. The van der Waals surface area contributed by atoms with Gasteiger partial charge in [0, 0.05) is 3.57 Å². The second-order valence-electron chi connectivity index (χ2n) is 1.66. The largest absolute Gasteiger partial charge is 0.205 e. The molecule has 0 N–H and O–H groups in total. The van der Waals surface area contributed by atoms with E-state index in [1.807, 2.05) is 0 Å². The van der Waals surface area contributed by atoms with Crippen LogP contribution in [-0.2, 0) is 0 Å². The van der Waals surface area contributed by atoms with Gasteiger partial charge in [-0.1, -0.05) is 11.6 Å². The van der Waals surface area contributed by atoms with Crippen molar-refractivity contribution in [1.29, 1.82) is 0 Å². The summed E-state index contributed by atoms with van der Waals surface area (Å²) in [5.74, 6) is -0.394. The molecule has 0 saturated carbocycles. The van der Waals surface area contributed by atoms with E-state index in [4.69, 9.17) is 11.6 Å². The lowest BCUT2D eigenvalue weighted by Gasteiger charge is -1.98. The van der Waals surface area contributed by atoms with Gasteiger partial charge in [0.1, 0.15) is 5.82 Å². The van der Waals surface area contributed by atoms with Crippen molar-refractivity contribution in [2.24, 2.45) is 0 Å². The standard InChI is InChI=1S/C6H2BrClFI/c7-5-4(10)2-1-3(9)6(5)8/h1-2H. The Labute approximate surface area is 85.0 Å². The lowest BCUT2D eigenvalue weighted by atomic mass is 10.3. The molecule has 0 amide bonds. The van der Waals surface area contributed by atoms with Crippen LogP contribution in [-0.4, -0.2) is 0 Å². The molecule has 0 aromatic heterocycles. The highest BCUT2D eigenvalue weighted by Crippen LogP contribution is 2.29. The molecule has 0 fully saturated rings. The molecule has 10 heavy (non-hydrogen) atoms. The van der Waals surface area contributed by atoms with Gasteiger partial charge in [-0.2, -0.15) is 0 Å².